The first-order chi connectivity index (χ1) is 14.1. The van der Waals surface area contributed by atoms with Crippen LogP contribution in [0.1, 0.15) is 21.9 Å². The molecule has 0 bridgehead atoms. The number of amides is 1. The molecule has 0 atom stereocenters. The molecule has 142 valence electrons. The first-order valence-electron chi connectivity index (χ1n) is 8.65. The maximum absolute atomic E-state index is 12.5. The van der Waals surface area contributed by atoms with Crippen molar-refractivity contribution in [1.82, 2.24) is 20.6 Å². The number of H-pyrrole nitrogens is 1. The number of benzene rings is 2. The number of allylic oxidation sites excluding steroid dienone is 1. The largest absolute Gasteiger partial charge is 0.451 e. The van der Waals surface area contributed by atoms with Crippen molar-refractivity contribution < 1.29 is 9.21 Å². The van der Waals surface area contributed by atoms with Crippen LogP contribution in [-0.2, 0) is 0 Å². The molecule has 9 nitrogen and oxygen atoms in total. The zero-order valence-electron chi connectivity index (χ0n) is 15.3. The number of aromatic nitrogens is 4. The molecule has 0 spiro atoms. The Bertz CT molecular complexity index is 1220. The third-order valence-electron chi connectivity index (χ3n) is 4.21. The van der Waals surface area contributed by atoms with Crippen molar-refractivity contribution in [3.63, 3.8) is 0 Å². The van der Waals surface area contributed by atoms with Gasteiger partial charge in [-0.3, -0.25) is 4.79 Å². The Labute approximate surface area is 165 Å². The van der Waals surface area contributed by atoms with Crippen molar-refractivity contribution in [3.05, 3.63) is 71.9 Å². The third-order valence-corrected chi connectivity index (χ3v) is 4.21. The Hall–Kier alpha value is -4.45. The molecule has 1 amide bonds. The van der Waals surface area contributed by atoms with Crippen molar-refractivity contribution in [3.8, 4) is 6.07 Å². The first-order valence-corrected chi connectivity index (χ1v) is 8.65. The summed E-state index contributed by atoms with van der Waals surface area (Å²) < 4.78 is 5.60. The van der Waals surface area contributed by atoms with E-state index in [1.165, 1.54) is 6.20 Å². The van der Waals surface area contributed by atoms with Gasteiger partial charge in [0.15, 0.2) is 5.76 Å². The number of hydrogen-bond acceptors (Lipinski definition) is 7. The minimum absolute atomic E-state index is 0.200. The second-order valence-corrected chi connectivity index (χ2v) is 6.18. The number of fused-ring (bicyclic) bond motifs is 1. The molecule has 4 rings (SSSR count). The molecule has 0 saturated carbocycles. The van der Waals surface area contributed by atoms with E-state index in [0.717, 1.165) is 16.6 Å². The number of aromatic amines is 1. The fraction of sp³-hybridized carbons (Fsp3) is 0.0500. The van der Waals surface area contributed by atoms with Gasteiger partial charge in [-0.2, -0.15) is 10.5 Å². The summed E-state index contributed by atoms with van der Waals surface area (Å²) in [6.07, 6.45) is 1.49. The summed E-state index contributed by atoms with van der Waals surface area (Å²) in [6, 6.07) is 16.6. The van der Waals surface area contributed by atoms with Gasteiger partial charge in [0.05, 0.1) is 0 Å². The van der Waals surface area contributed by atoms with Crippen LogP contribution in [0.5, 0.6) is 0 Å². The minimum Gasteiger partial charge on any atom is -0.451 e. The highest BCUT2D eigenvalue weighted by Gasteiger charge is 2.13. The summed E-state index contributed by atoms with van der Waals surface area (Å²) >= 11 is 0. The fourth-order valence-corrected chi connectivity index (χ4v) is 2.75. The summed E-state index contributed by atoms with van der Waals surface area (Å²) in [6.45, 7) is 1.87. The number of nitriles is 1. The number of para-hydroxylation sites is 1. The molecule has 0 fully saturated rings. The standard InChI is InChI=1S/C20H15N7O2/c1-12-8-15(22-11-14(10-21)19-24-26-27-25-19)6-7-16(12)23-20(28)18-9-13-4-2-3-5-17(13)29-18/h2-9,11,22H,1H3,(H,23,28)(H,24,25,26,27). The molecule has 0 saturated heterocycles. The lowest BCUT2D eigenvalue weighted by atomic mass is 10.1. The number of furan rings is 1. The Morgan fingerprint density at radius 1 is 1.24 bits per heavy atom. The van der Waals surface area contributed by atoms with E-state index in [1.54, 1.807) is 18.2 Å². The number of anilines is 2. The molecule has 0 aliphatic rings. The normalized spacial score (nSPS) is 11.2. The van der Waals surface area contributed by atoms with Crippen LogP contribution in [0.15, 0.2) is 59.1 Å². The molecular formula is C20H15N7O2. The van der Waals surface area contributed by atoms with Crippen LogP contribution in [0, 0.1) is 18.3 Å². The van der Waals surface area contributed by atoms with Crippen LogP contribution in [0.2, 0.25) is 0 Å². The minimum atomic E-state index is -0.325. The van der Waals surface area contributed by atoms with Crippen LogP contribution in [-0.4, -0.2) is 26.5 Å². The van der Waals surface area contributed by atoms with E-state index >= 15 is 0 Å². The molecule has 9 heteroatoms. The number of hydrogen-bond donors (Lipinski definition) is 3. The van der Waals surface area contributed by atoms with Gasteiger partial charge in [0.1, 0.15) is 17.2 Å². The summed E-state index contributed by atoms with van der Waals surface area (Å²) in [5.74, 6) is 0.120. The number of carbonyl (C=O) groups excluding carboxylic acids is 1. The average Bonchev–Trinajstić information content (AvgIpc) is 3.40. The van der Waals surface area contributed by atoms with Crippen molar-refractivity contribution >= 4 is 33.8 Å². The fourth-order valence-electron chi connectivity index (χ4n) is 2.75. The Kier molecular flexibility index (Phi) is 4.74. The monoisotopic (exact) mass is 385 g/mol. The van der Waals surface area contributed by atoms with E-state index in [4.69, 9.17) is 4.42 Å². The topological polar surface area (TPSA) is 133 Å². The van der Waals surface area contributed by atoms with E-state index in [0.29, 0.717) is 11.3 Å². The van der Waals surface area contributed by atoms with Crippen LogP contribution in [0.25, 0.3) is 16.5 Å². The number of carbonyl (C=O) groups is 1. The van der Waals surface area contributed by atoms with Gasteiger partial charge in [-0.1, -0.05) is 18.2 Å². The maximum atomic E-state index is 12.5. The zero-order valence-corrected chi connectivity index (χ0v) is 15.3. The van der Waals surface area contributed by atoms with E-state index in [2.05, 4.69) is 31.3 Å². The third kappa shape index (κ3) is 3.81. The molecule has 2 aromatic carbocycles. The van der Waals surface area contributed by atoms with Crippen LogP contribution >= 0.6 is 0 Å². The number of tetrazole rings is 1. The number of aryl methyl sites for hydroxylation is 1. The summed E-state index contributed by atoms with van der Waals surface area (Å²) in [5, 5.41) is 29.2. The molecule has 2 heterocycles. The van der Waals surface area contributed by atoms with Crippen LogP contribution < -0.4 is 10.6 Å². The smallest absolute Gasteiger partial charge is 0.291 e. The number of rotatable bonds is 5. The van der Waals surface area contributed by atoms with Crippen molar-refractivity contribution in [1.29, 1.82) is 5.26 Å². The Balaban J connectivity index is 1.48. The van der Waals surface area contributed by atoms with E-state index < -0.39 is 0 Å². The zero-order chi connectivity index (χ0) is 20.2. The predicted molar refractivity (Wildman–Crippen MR) is 107 cm³/mol. The number of nitrogens with zero attached hydrogens (tertiary/aromatic N) is 4. The van der Waals surface area contributed by atoms with E-state index in [1.807, 2.05) is 43.3 Å². The van der Waals surface area contributed by atoms with E-state index in [9.17, 15) is 10.1 Å². The molecule has 29 heavy (non-hydrogen) atoms. The highest BCUT2D eigenvalue weighted by atomic mass is 16.3. The molecule has 0 unspecified atom stereocenters. The average molecular weight is 385 g/mol. The van der Waals surface area contributed by atoms with Gasteiger partial charge in [-0.25, -0.2) is 0 Å². The van der Waals surface area contributed by atoms with Gasteiger partial charge >= 0.3 is 0 Å². The Morgan fingerprint density at radius 3 is 2.83 bits per heavy atom. The van der Waals surface area contributed by atoms with Gasteiger partial charge in [0.2, 0.25) is 5.82 Å². The lowest BCUT2D eigenvalue weighted by Crippen LogP contribution is -2.11. The summed E-state index contributed by atoms with van der Waals surface area (Å²) in [4.78, 5) is 12.5. The Morgan fingerprint density at radius 2 is 2.10 bits per heavy atom. The molecule has 0 aliphatic heterocycles. The van der Waals surface area contributed by atoms with Gasteiger partial charge < -0.3 is 15.1 Å². The molecule has 2 aromatic heterocycles. The lowest BCUT2D eigenvalue weighted by molar-refractivity contribution is 0.0998. The lowest BCUT2D eigenvalue weighted by Gasteiger charge is -2.09. The molecular weight excluding hydrogens is 370 g/mol. The van der Waals surface area contributed by atoms with Crippen LogP contribution in [0.4, 0.5) is 11.4 Å². The second-order valence-electron chi connectivity index (χ2n) is 6.18. The quantitative estimate of drug-likeness (QED) is 0.448. The van der Waals surface area contributed by atoms with Crippen molar-refractivity contribution in [2.45, 2.75) is 6.92 Å². The first kappa shape index (κ1) is 17.9. The molecule has 0 radical (unpaired) electrons. The van der Waals surface area contributed by atoms with Crippen LogP contribution in [0.3, 0.4) is 0 Å². The molecule has 3 N–H and O–H groups in total. The van der Waals surface area contributed by atoms with Gasteiger partial charge in [-0.05, 0) is 48.0 Å². The second kappa shape index (κ2) is 7.66. The maximum Gasteiger partial charge on any atom is 0.291 e. The van der Waals surface area contributed by atoms with Gasteiger partial charge in [-0.15, -0.1) is 10.2 Å². The molecule has 4 aromatic rings. The summed E-state index contributed by atoms with van der Waals surface area (Å²) in [5.41, 5.74) is 3.13. The SMILES string of the molecule is Cc1cc(NC=C(C#N)c2nn[nH]n2)ccc1NC(=O)c1cc2ccccc2o1. The highest BCUT2D eigenvalue weighted by Crippen LogP contribution is 2.23. The van der Waals surface area contributed by atoms with Crippen molar-refractivity contribution in [2.75, 3.05) is 10.6 Å². The van der Waals surface area contributed by atoms with E-state index in [-0.39, 0.29) is 23.1 Å². The van der Waals surface area contributed by atoms with Gasteiger partial charge in [0, 0.05) is 23.0 Å². The molecule has 0 aliphatic carbocycles. The number of nitrogens with one attached hydrogen (secondary N) is 3. The van der Waals surface area contributed by atoms with Gasteiger partial charge in [0.25, 0.3) is 5.91 Å². The summed E-state index contributed by atoms with van der Waals surface area (Å²) in [7, 11) is 0. The highest BCUT2D eigenvalue weighted by molar-refractivity contribution is 6.05. The predicted octanol–water partition coefficient (Wildman–Crippen LogP) is 3.48. The van der Waals surface area contributed by atoms with Crippen molar-refractivity contribution in [2.24, 2.45) is 0 Å².